The van der Waals surface area contributed by atoms with Crippen LogP contribution in [0, 0.1) is 23.7 Å². The van der Waals surface area contributed by atoms with Crippen molar-refractivity contribution in [3.8, 4) is 5.75 Å². The van der Waals surface area contributed by atoms with Gasteiger partial charge in [0.15, 0.2) is 17.0 Å². The first-order valence-electron chi connectivity index (χ1n) is 23.8. The van der Waals surface area contributed by atoms with Crippen LogP contribution in [0.25, 0.3) is 11.0 Å². The molecule has 1 saturated heterocycles. The van der Waals surface area contributed by atoms with Crippen LogP contribution in [0.3, 0.4) is 0 Å². The lowest BCUT2D eigenvalue weighted by Crippen LogP contribution is -2.75. The van der Waals surface area contributed by atoms with Gasteiger partial charge in [0.1, 0.15) is 11.3 Å². The zero-order valence-electron chi connectivity index (χ0n) is 38.2. The fourth-order valence-corrected chi connectivity index (χ4v) is 16.5. The second-order valence-corrected chi connectivity index (χ2v) is 22.7. The summed E-state index contributed by atoms with van der Waals surface area (Å²) in [5.74, 6) is 0.471. The first kappa shape index (κ1) is 45.5. The average Bonchev–Trinajstić information content (AvgIpc) is 3.93. The summed E-state index contributed by atoms with van der Waals surface area (Å²) < 4.78 is 20.3. The quantitative estimate of drug-likeness (QED) is 0.0679. The van der Waals surface area contributed by atoms with E-state index in [0.717, 1.165) is 53.4 Å². The molecule has 10 rings (SSSR count). The van der Waals surface area contributed by atoms with E-state index in [4.69, 9.17) is 19.6 Å². The SMILES string of the molecule is C/C=C(\C)C(=O)O[C@]1(C)CC=C2CSS[C@H]3C[C@@H]4C(=O)C=C[C@H]5[C@@H]([C@H]4NC)[C@@H]3N5C(=O)CC3=C(C=C(N)NC3)[C@@H]2[C@]12Cc1cc3cc(C4([C@H](CO)CCCO)CCCC4)c(=O)oc3cc1O2. The van der Waals surface area contributed by atoms with E-state index in [9.17, 15) is 29.4 Å². The second-order valence-electron chi connectivity index (χ2n) is 20.1. The van der Waals surface area contributed by atoms with Crippen LogP contribution >= 0.6 is 21.6 Å². The molecule has 2 aromatic rings. The van der Waals surface area contributed by atoms with Crippen LogP contribution in [0.4, 0.5) is 0 Å². The molecule has 1 aromatic carbocycles. The molecular formula is C51H62N4O9S2. The van der Waals surface area contributed by atoms with Crippen molar-refractivity contribution >= 4 is 50.2 Å². The van der Waals surface area contributed by atoms with Gasteiger partial charge in [-0.3, -0.25) is 9.59 Å². The molecule has 4 aliphatic heterocycles. The Hall–Kier alpha value is -4.28. The number of carbonyl (C=O) groups excluding carboxylic acids is 3. The van der Waals surface area contributed by atoms with Crippen LogP contribution in [-0.2, 0) is 31.0 Å². The molecule has 15 heteroatoms. The maximum Gasteiger partial charge on any atom is 0.340 e. The van der Waals surface area contributed by atoms with Gasteiger partial charge < -0.3 is 45.4 Å². The summed E-state index contributed by atoms with van der Waals surface area (Å²) in [7, 11) is 5.43. The molecule has 66 heavy (non-hydrogen) atoms. The van der Waals surface area contributed by atoms with Gasteiger partial charge >= 0.3 is 11.6 Å². The van der Waals surface area contributed by atoms with Crippen LogP contribution in [0.2, 0.25) is 0 Å². The number of aliphatic hydroxyl groups is 2. The summed E-state index contributed by atoms with van der Waals surface area (Å²) >= 11 is 0. The highest BCUT2D eigenvalue weighted by Gasteiger charge is 2.65. The van der Waals surface area contributed by atoms with Gasteiger partial charge in [0.2, 0.25) is 5.91 Å². The second kappa shape index (κ2) is 17.4. The Morgan fingerprint density at radius 3 is 2.73 bits per heavy atom. The summed E-state index contributed by atoms with van der Waals surface area (Å²) in [6.07, 6.45) is 15.5. The van der Waals surface area contributed by atoms with Gasteiger partial charge in [0.05, 0.1) is 30.2 Å². The molecule has 0 unspecified atom stereocenters. The van der Waals surface area contributed by atoms with Crippen LogP contribution in [0.1, 0.15) is 89.7 Å². The van der Waals surface area contributed by atoms with E-state index in [1.54, 1.807) is 46.7 Å². The van der Waals surface area contributed by atoms with Gasteiger partial charge in [0, 0.05) is 89.5 Å². The molecule has 4 aliphatic carbocycles. The number of hydrogen-bond donors (Lipinski definition) is 5. The van der Waals surface area contributed by atoms with Gasteiger partial charge in [-0.05, 0) is 107 Å². The minimum atomic E-state index is -1.24. The van der Waals surface area contributed by atoms with Gasteiger partial charge in [-0.2, -0.15) is 0 Å². The highest BCUT2D eigenvalue weighted by molar-refractivity contribution is 8.77. The number of dihydropyridines is 1. The Bertz CT molecular complexity index is 2580. The maximum atomic E-state index is 15.0. The molecule has 3 fully saturated rings. The normalized spacial score (nSPS) is 33.8. The third-order valence-electron chi connectivity index (χ3n) is 16.9. The topological polar surface area (TPSA) is 194 Å². The molecule has 1 spiro atoms. The van der Waals surface area contributed by atoms with Crippen molar-refractivity contribution in [1.82, 2.24) is 15.5 Å². The summed E-state index contributed by atoms with van der Waals surface area (Å²) in [6, 6.07) is 5.55. The lowest BCUT2D eigenvalue weighted by Gasteiger charge is -2.62. The predicted octanol–water partition coefficient (Wildman–Crippen LogP) is 5.67. The number of allylic oxidation sites excluding steroid dienone is 3. The van der Waals surface area contributed by atoms with Crippen molar-refractivity contribution in [3.05, 3.63) is 98.2 Å². The van der Waals surface area contributed by atoms with Crippen molar-refractivity contribution < 1.29 is 38.5 Å². The van der Waals surface area contributed by atoms with Gasteiger partial charge in [-0.1, -0.05) is 58.2 Å². The van der Waals surface area contributed by atoms with Crippen molar-refractivity contribution in [2.24, 2.45) is 29.4 Å². The maximum absolute atomic E-state index is 15.0. The van der Waals surface area contributed by atoms with Gasteiger partial charge in [-0.25, -0.2) is 9.59 Å². The largest absolute Gasteiger partial charge is 0.481 e. The zero-order valence-corrected chi connectivity index (χ0v) is 39.9. The number of nitrogens with one attached hydrogen (secondary N) is 2. The molecule has 2 bridgehead atoms. The Kier molecular flexibility index (Phi) is 12.0. The number of ketones is 1. The van der Waals surface area contributed by atoms with E-state index in [2.05, 4.69) is 16.7 Å². The third-order valence-corrected chi connectivity index (χ3v) is 19.7. The first-order valence-corrected chi connectivity index (χ1v) is 26.2. The van der Waals surface area contributed by atoms with E-state index in [-0.39, 0.29) is 72.5 Å². The van der Waals surface area contributed by atoms with Crippen LogP contribution in [0.15, 0.2) is 85.9 Å². The van der Waals surface area contributed by atoms with E-state index >= 15 is 0 Å². The van der Waals surface area contributed by atoms with E-state index in [1.165, 1.54) is 0 Å². The molecule has 13 nitrogen and oxygen atoms in total. The van der Waals surface area contributed by atoms with Crippen molar-refractivity contribution in [1.29, 1.82) is 0 Å². The number of esters is 1. The monoisotopic (exact) mass is 938 g/mol. The Balaban J connectivity index is 1.11. The van der Waals surface area contributed by atoms with Crippen molar-refractivity contribution in [2.45, 2.75) is 125 Å². The highest BCUT2D eigenvalue weighted by atomic mass is 33.1. The minimum Gasteiger partial charge on any atom is -0.481 e. The fourth-order valence-electron chi connectivity index (χ4n) is 13.4. The number of nitrogens with two attached hydrogens (primary N) is 1. The summed E-state index contributed by atoms with van der Waals surface area (Å²) in [5, 5.41) is 28.0. The smallest absolute Gasteiger partial charge is 0.340 e. The van der Waals surface area contributed by atoms with E-state index < -0.39 is 34.1 Å². The number of fused-ring (bicyclic) bond motifs is 7. The lowest BCUT2D eigenvalue weighted by molar-refractivity contribution is -0.186. The molecule has 352 valence electrons. The number of amides is 1. The number of rotatable bonds is 9. The predicted molar refractivity (Wildman–Crippen MR) is 255 cm³/mol. The lowest BCUT2D eigenvalue weighted by atomic mass is 9.61. The summed E-state index contributed by atoms with van der Waals surface area (Å²) in [4.78, 5) is 58.7. The standard InChI is InChI=1S/C51H62N4O9S2/c1-5-27(2)47(60)64-49(3)15-12-28-26-65-66-40-20-34-37(58)11-10-36-43(45(34)53-4)46(40)55(36)42(59)19-31-24-54-41(52)21-33(31)44(28)51(49)23-30-17-29-18-35(48(61)62-38(29)22-39(30)63-51)50(13-6-7-14-50)32(25-57)9-8-16-56/h5,10-12,17-18,21-22,32,34,36,40,43-46,53-54,56-57H,6-9,13-16,19-20,23-26,52H2,1-4H3/b27-5+/t32-,34+,36-,40-,43-,44+,45-,46+,49+,51+/m0/s1. The number of aliphatic hydroxyl groups excluding tert-OH is 2. The molecule has 1 aromatic heterocycles. The van der Waals surface area contributed by atoms with Crippen molar-refractivity contribution in [2.75, 3.05) is 32.6 Å². The number of hydrogen-bond acceptors (Lipinski definition) is 14. The molecular weight excluding hydrogens is 877 g/mol. The molecule has 5 heterocycles. The van der Waals surface area contributed by atoms with Crippen LogP contribution < -0.4 is 26.7 Å². The van der Waals surface area contributed by atoms with E-state index in [0.29, 0.717) is 72.7 Å². The van der Waals surface area contributed by atoms with Crippen molar-refractivity contribution in [3.63, 3.8) is 0 Å². The van der Waals surface area contributed by atoms with Gasteiger partial charge in [0.25, 0.3) is 0 Å². The first-order chi connectivity index (χ1) is 31.8. The number of nitrogens with zero attached hydrogens (tertiary/aromatic N) is 1. The number of ether oxygens (including phenoxy) is 2. The molecule has 8 aliphatic rings. The highest BCUT2D eigenvalue weighted by Crippen LogP contribution is 2.59. The minimum absolute atomic E-state index is 0.00581. The molecule has 10 atom stereocenters. The molecule has 1 amide bonds. The molecule has 6 N–H and O–H groups in total. The summed E-state index contributed by atoms with van der Waals surface area (Å²) in [6.45, 7) is 5.75. The van der Waals surface area contributed by atoms with Gasteiger partial charge in [-0.15, -0.1) is 0 Å². The molecule has 2 saturated carbocycles. The van der Waals surface area contributed by atoms with Crippen LogP contribution in [0.5, 0.6) is 5.75 Å². The molecule has 0 radical (unpaired) electrons. The Morgan fingerprint density at radius 2 is 1.98 bits per heavy atom. The fraction of sp³-hybridized carbons (Fsp3) is 0.569. The average molecular weight is 939 g/mol. The summed E-state index contributed by atoms with van der Waals surface area (Å²) in [5.41, 5.74) is 8.25. The number of benzene rings is 1. The van der Waals surface area contributed by atoms with E-state index in [1.807, 2.05) is 50.1 Å². The Labute approximate surface area is 393 Å². The van der Waals surface area contributed by atoms with Crippen LogP contribution in [-0.4, -0.2) is 99.9 Å². The Morgan fingerprint density at radius 1 is 1.18 bits per heavy atom. The third kappa shape index (κ3) is 7.07. The zero-order chi connectivity index (χ0) is 46.3. The number of carbonyl (C=O) groups is 3.